The first-order valence-corrected chi connectivity index (χ1v) is 8.97. The Kier molecular flexibility index (Phi) is 6.54. The van der Waals surface area contributed by atoms with Crippen LogP contribution in [0.15, 0.2) is 36.4 Å². The lowest BCUT2D eigenvalue weighted by Crippen LogP contribution is -2.39. The predicted octanol–water partition coefficient (Wildman–Crippen LogP) is 5.64. The number of anilines is 1. The van der Waals surface area contributed by atoms with E-state index >= 15 is 0 Å². The molecule has 2 N–H and O–H groups in total. The van der Waals surface area contributed by atoms with Gasteiger partial charge in [-0.1, -0.05) is 79.8 Å². The number of nitrogens with one attached hydrogen (secondary N) is 2. The van der Waals surface area contributed by atoms with Crippen LogP contribution >= 0.6 is 34.8 Å². The zero-order valence-electron chi connectivity index (χ0n) is 14.5. The fourth-order valence-corrected chi connectivity index (χ4v) is 2.84. The van der Waals surface area contributed by atoms with Crippen molar-refractivity contribution in [2.24, 2.45) is 0 Å². The first-order valence-electron chi connectivity index (χ1n) is 7.84. The molecule has 2 aromatic rings. The van der Waals surface area contributed by atoms with Crippen LogP contribution in [0.1, 0.15) is 36.7 Å². The highest BCUT2D eigenvalue weighted by molar-refractivity contribution is 6.48. The van der Waals surface area contributed by atoms with Crippen molar-refractivity contribution in [3.8, 4) is 6.07 Å². The first-order chi connectivity index (χ1) is 12.1. The van der Waals surface area contributed by atoms with Crippen LogP contribution in [0.25, 0.3) is 0 Å². The average molecular weight is 411 g/mol. The van der Waals surface area contributed by atoms with Gasteiger partial charge in [0.15, 0.2) is 11.8 Å². The number of hydrogen-bond donors (Lipinski definition) is 2. The molecule has 2 aromatic carbocycles. The van der Waals surface area contributed by atoms with Crippen molar-refractivity contribution < 1.29 is 4.79 Å². The molecule has 0 bridgehead atoms. The monoisotopic (exact) mass is 409 g/mol. The lowest BCUT2D eigenvalue weighted by molar-refractivity contribution is 0.0969. The minimum absolute atomic E-state index is 0.0108. The van der Waals surface area contributed by atoms with Crippen LogP contribution in [0.5, 0.6) is 0 Å². The van der Waals surface area contributed by atoms with E-state index in [2.05, 4.69) is 31.6 Å². The Bertz CT molecular complexity index is 829. The Balaban J connectivity index is 2.11. The molecular formula is C19H18Cl3N3O. The number of ketones is 1. The largest absolute Gasteiger partial charge is 0.320 e. The Morgan fingerprint density at radius 2 is 1.62 bits per heavy atom. The number of hydrogen-bond acceptors (Lipinski definition) is 4. The molecule has 0 saturated heterocycles. The summed E-state index contributed by atoms with van der Waals surface area (Å²) < 4.78 is 0. The number of benzene rings is 2. The van der Waals surface area contributed by atoms with Crippen molar-refractivity contribution in [3.05, 3.63) is 62.6 Å². The molecule has 26 heavy (non-hydrogen) atoms. The van der Waals surface area contributed by atoms with Gasteiger partial charge in [-0.05, 0) is 23.1 Å². The summed E-state index contributed by atoms with van der Waals surface area (Å²) in [4.78, 5) is 12.5. The number of carbonyl (C=O) groups excluding carboxylic acids is 1. The summed E-state index contributed by atoms with van der Waals surface area (Å²) in [5, 5.41) is 10.1. The summed E-state index contributed by atoms with van der Waals surface area (Å²) >= 11 is 17.8. The number of nitriles is 1. The standard InChI is InChI=1S/C19H18Cl3N3O/c1-19(2,3)12-6-4-11(5-7-12)18(26)16(10-23)25-24-13-8-14(20)17(22)15(21)9-13/h4-9,16,24-25H,1-3H3. The van der Waals surface area contributed by atoms with E-state index in [0.29, 0.717) is 11.3 Å². The van der Waals surface area contributed by atoms with Crippen LogP contribution in [0.2, 0.25) is 15.1 Å². The predicted molar refractivity (Wildman–Crippen MR) is 107 cm³/mol. The third kappa shape index (κ3) is 4.90. The lowest BCUT2D eigenvalue weighted by atomic mass is 9.86. The highest BCUT2D eigenvalue weighted by Gasteiger charge is 2.21. The summed E-state index contributed by atoms with van der Waals surface area (Å²) in [6, 6.07) is 11.2. The molecular weight excluding hydrogens is 393 g/mol. The SMILES string of the molecule is CC(C)(C)c1ccc(C(=O)C(C#N)NNc2cc(Cl)c(Cl)c(Cl)c2)cc1. The molecule has 0 saturated carbocycles. The minimum Gasteiger partial charge on any atom is -0.320 e. The zero-order valence-corrected chi connectivity index (χ0v) is 16.8. The fourth-order valence-electron chi connectivity index (χ4n) is 2.24. The molecule has 0 aliphatic carbocycles. The van der Waals surface area contributed by atoms with Gasteiger partial charge in [-0.15, -0.1) is 0 Å². The third-order valence-electron chi connectivity index (χ3n) is 3.77. The van der Waals surface area contributed by atoms with Crippen molar-refractivity contribution in [3.63, 3.8) is 0 Å². The van der Waals surface area contributed by atoms with Crippen LogP contribution in [-0.2, 0) is 5.41 Å². The molecule has 0 spiro atoms. The molecule has 0 fully saturated rings. The van der Waals surface area contributed by atoms with Crippen molar-refractivity contribution in [2.45, 2.75) is 32.2 Å². The highest BCUT2D eigenvalue weighted by Crippen LogP contribution is 2.32. The van der Waals surface area contributed by atoms with E-state index in [1.54, 1.807) is 24.3 Å². The van der Waals surface area contributed by atoms with Crippen molar-refractivity contribution in [2.75, 3.05) is 5.43 Å². The molecule has 2 rings (SSSR count). The average Bonchev–Trinajstić information content (AvgIpc) is 2.59. The second-order valence-electron chi connectivity index (χ2n) is 6.78. The molecule has 0 amide bonds. The van der Waals surface area contributed by atoms with Crippen molar-refractivity contribution in [1.82, 2.24) is 5.43 Å². The molecule has 0 heterocycles. The highest BCUT2D eigenvalue weighted by atomic mass is 35.5. The maximum absolute atomic E-state index is 12.5. The molecule has 0 radical (unpaired) electrons. The summed E-state index contributed by atoms with van der Waals surface area (Å²) in [6.07, 6.45) is 0. The van der Waals surface area contributed by atoms with Gasteiger partial charge < -0.3 is 5.43 Å². The van der Waals surface area contributed by atoms with Crippen molar-refractivity contribution in [1.29, 1.82) is 5.26 Å². The van der Waals surface area contributed by atoms with Gasteiger partial charge in [0.25, 0.3) is 0 Å². The number of rotatable bonds is 5. The smallest absolute Gasteiger partial charge is 0.195 e. The summed E-state index contributed by atoms with van der Waals surface area (Å²) in [5.41, 5.74) is 7.49. The summed E-state index contributed by atoms with van der Waals surface area (Å²) in [5.74, 6) is -0.341. The van der Waals surface area contributed by atoms with Gasteiger partial charge in [-0.2, -0.15) is 5.26 Å². The van der Waals surface area contributed by atoms with Gasteiger partial charge in [-0.25, -0.2) is 5.43 Å². The minimum atomic E-state index is -1.08. The van der Waals surface area contributed by atoms with Crippen LogP contribution in [0, 0.1) is 11.3 Å². The Morgan fingerprint density at radius 1 is 1.08 bits per heavy atom. The van der Waals surface area contributed by atoms with Gasteiger partial charge >= 0.3 is 0 Å². The van der Waals surface area contributed by atoms with Crippen LogP contribution < -0.4 is 10.9 Å². The third-order valence-corrected chi connectivity index (χ3v) is 4.97. The fraction of sp³-hybridized carbons (Fsp3) is 0.263. The molecule has 1 unspecified atom stereocenters. The Hall–Kier alpha value is -1.77. The zero-order chi connectivity index (χ0) is 19.5. The van der Waals surface area contributed by atoms with E-state index in [1.807, 2.05) is 18.2 Å². The Labute approximate surface area is 168 Å². The van der Waals surface area contributed by atoms with Crippen LogP contribution in [0.3, 0.4) is 0 Å². The van der Waals surface area contributed by atoms with E-state index in [0.717, 1.165) is 5.56 Å². The maximum Gasteiger partial charge on any atom is 0.195 e. The number of carbonyl (C=O) groups is 1. The molecule has 136 valence electrons. The number of halogens is 3. The molecule has 1 atom stereocenters. The molecule has 0 aliphatic heterocycles. The number of Topliss-reactive ketones (excluding diaryl/α,β-unsaturated/α-hetero) is 1. The maximum atomic E-state index is 12.5. The molecule has 0 aromatic heterocycles. The van der Waals surface area contributed by atoms with Crippen molar-refractivity contribution >= 4 is 46.3 Å². The van der Waals surface area contributed by atoms with E-state index in [1.165, 1.54) is 0 Å². The van der Waals surface area contributed by atoms with Gasteiger partial charge in [-0.3, -0.25) is 4.79 Å². The topological polar surface area (TPSA) is 64.9 Å². The van der Waals surface area contributed by atoms with Crippen LogP contribution in [0.4, 0.5) is 5.69 Å². The number of hydrazine groups is 1. The Morgan fingerprint density at radius 3 is 2.08 bits per heavy atom. The molecule has 4 nitrogen and oxygen atoms in total. The molecule has 0 aliphatic rings. The quantitative estimate of drug-likeness (QED) is 0.380. The second-order valence-corrected chi connectivity index (χ2v) is 7.97. The first kappa shape index (κ1) is 20.5. The summed E-state index contributed by atoms with van der Waals surface area (Å²) in [7, 11) is 0. The van der Waals surface area contributed by atoms with Gasteiger partial charge in [0, 0.05) is 5.56 Å². The number of nitrogens with zero attached hydrogens (tertiary/aromatic N) is 1. The summed E-state index contributed by atoms with van der Waals surface area (Å²) in [6.45, 7) is 6.28. The van der Waals surface area contributed by atoms with Gasteiger partial charge in [0.05, 0.1) is 26.8 Å². The second kappa shape index (κ2) is 8.28. The lowest BCUT2D eigenvalue weighted by Gasteiger charge is -2.19. The van der Waals surface area contributed by atoms with Gasteiger partial charge in [0.1, 0.15) is 0 Å². The normalized spacial score (nSPS) is 12.3. The van der Waals surface area contributed by atoms with E-state index in [-0.39, 0.29) is 26.3 Å². The van der Waals surface area contributed by atoms with Crippen LogP contribution in [-0.4, -0.2) is 11.8 Å². The van der Waals surface area contributed by atoms with E-state index in [9.17, 15) is 10.1 Å². The van der Waals surface area contributed by atoms with E-state index < -0.39 is 6.04 Å². The van der Waals surface area contributed by atoms with E-state index in [4.69, 9.17) is 34.8 Å². The van der Waals surface area contributed by atoms with Gasteiger partial charge in [0.2, 0.25) is 0 Å². The molecule has 7 heteroatoms.